The van der Waals surface area contributed by atoms with E-state index in [0.29, 0.717) is 5.69 Å². The Hall–Kier alpha value is -14.1. The summed E-state index contributed by atoms with van der Waals surface area (Å²) in [6, 6.07) is 100. The molecule has 9 heteroatoms. The second kappa shape index (κ2) is 32.0. The molecule has 8 aromatic heterocycles. The Labute approximate surface area is 711 Å². The van der Waals surface area contributed by atoms with Crippen LogP contribution in [0.15, 0.2) is 310 Å². The quantitative estimate of drug-likeness (QED) is 0.107. The number of nitrogens with zero attached hydrogens (tertiary/aromatic N) is 9. The highest BCUT2D eigenvalue weighted by atomic mass is 15.0. The highest BCUT2D eigenvalue weighted by Crippen LogP contribution is 2.43. The van der Waals surface area contributed by atoms with Gasteiger partial charge in [0.1, 0.15) is 0 Å². The predicted molar refractivity (Wildman–Crippen MR) is 507 cm³/mol. The molecule has 8 heterocycles. The first-order chi connectivity index (χ1) is 58.3. The minimum atomic E-state index is 0.0389. The van der Waals surface area contributed by atoms with E-state index < -0.39 is 0 Å². The molecule has 12 aromatic carbocycles. The number of hydrogen-bond acceptors (Lipinski definition) is 0. The van der Waals surface area contributed by atoms with Crippen molar-refractivity contribution in [3.8, 4) is 67.8 Å². The van der Waals surface area contributed by atoms with Crippen LogP contribution in [0.1, 0.15) is 88.1 Å². The highest BCUT2D eigenvalue weighted by Gasteiger charge is 2.31. The van der Waals surface area contributed by atoms with Crippen LogP contribution in [0.25, 0.3) is 159 Å². The summed E-state index contributed by atoms with van der Waals surface area (Å²) < 4.78 is 18.4. The standard InChI is InChI=1S/C30H31N2.C28H27N2.C27H22N3.C27H25N2/c1-20-15-16-22-11-8-10-14-27(22)32(20)28-18-24(30(3,4)5)17-26(21(28)2)29-25-13-9-7-12-23(25)19-31(29)6;1-18-16-19(2)27(30-20(3)14-15-22-10-7-9-13-25(22)30)21(4)26(18)28-24-12-8-6-11-23(24)17-29(28)5;1-18-13-20-9-5-6-10-21(20)17-30(18)26-15-23(28-3)14-25(19(26)2)27-24-12-8-7-11-22(24)16-29(27)4;1-18-15-24(27-23-11-7-5-10-22(23)17-28(27)4)20(3)26(16-18)29-19(2)13-14-21-9-6-8-12-25(21)29/h7-19H,1-6H3;6-17H,1-5H3;5-17H,1-2,4H3;5-17H,1-4H3/q4*+1. The van der Waals surface area contributed by atoms with Crippen molar-refractivity contribution in [1.82, 2.24) is 18.3 Å². The van der Waals surface area contributed by atoms with Crippen molar-refractivity contribution in [1.29, 1.82) is 0 Å². The van der Waals surface area contributed by atoms with E-state index >= 15 is 0 Å². The Kier molecular flexibility index (Phi) is 21.0. The van der Waals surface area contributed by atoms with E-state index in [9.17, 15) is 0 Å². The second-order valence-corrected chi connectivity index (χ2v) is 34.2. The number of pyridine rings is 4. The fourth-order valence-corrected chi connectivity index (χ4v) is 18.9. The van der Waals surface area contributed by atoms with Gasteiger partial charge < -0.3 is 18.3 Å². The number of hydrogen-bond donors (Lipinski definition) is 0. The number of benzene rings is 12. The number of aryl methyl sites for hydroxylation is 11. The molecule has 0 atom stereocenters. The second-order valence-electron chi connectivity index (χ2n) is 34.2. The van der Waals surface area contributed by atoms with Crippen molar-refractivity contribution in [2.75, 3.05) is 0 Å². The maximum Gasteiger partial charge on any atom is 0.218 e. The lowest BCUT2D eigenvalue weighted by Gasteiger charge is -2.22. The molecule has 0 unspecified atom stereocenters. The molecule has 0 amide bonds. The fourth-order valence-electron chi connectivity index (χ4n) is 18.9. The molecule has 0 bridgehead atoms. The van der Waals surface area contributed by atoms with Gasteiger partial charge in [0.2, 0.25) is 39.3 Å². The summed E-state index contributed by atoms with van der Waals surface area (Å²) >= 11 is 0. The molecule has 0 fully saturated rings. The van der Waals surface area contributed by atoms with E-state index in [2.05, 4.69) is 464 Å². The third-order valence-electron chi connectivity index (χ3n) is 24.9. The highest BCUT2D eigenvalue weighted by molar-refractivity contribution is 6.01. The number of para-hydroxylation sites is 3. The van der Waals surface area contributed by atoms with Gasteiger partial charge in [0.15, 0.2) is 34.7 Å². The lowest BCUT2D eigenvalue weighted by Crippen LogP contribution is -2.37. The molecule has 0 aliphatic carbocycles. The third-order valence-corrected chi connectivity index (χ3v) is 24.9. The average molecular weight is 1580 g/mol. The molecule has 0 N–H and O–H groups in total. The van der Waals surface area contributed by atoms with Gasteiger partial charge in [-0.05, 0) is 170 Å². The van der Waals surface area contributed by atoms with E-state index in [4.69, 9.17) is 6.57 Å². The van der Waals surface area contributed by atoms with Gasteiger partial charge in [-0.25, -0.2) is 4.85 Å². The SMILES string of the molecule is Cc1c(-c2c3ccccc3cn2C)cc(C(C)(C)C)cc1-[n+]1c(C)ccc2ccccc21.Cc1cc(-c2c3ccccc3cn2C)c(C)c(-[n+]2c(C)ccc3ccccc32)c1.Cc1cc(C)c(-[n+]2c(C)ccc3ccccc32)c(C)c1-c1c2ccccc2cn1C.[C-]#[N+]c1cc(-c2c3ccccc3cn2C)c(C)c(-[n+]2cc3ccccc3cc2C)c1. The summed E-state index contributed by atoms with van der Waals surface area (Å²) in [4.78, 5) is 3.80. The van der Waals surface area contributed by atoms with Gasteiger partial charge in [-0.3, -0.25) is 0 Å². The van der Waals surface area contributed by atoms with Crippen LogP contribution in [0.4, 0.5) is 5.69 Å². The predicted octanol–water partition coefficient (Wildman–Crippen LogP) is 26.3. The van der Waals surface area contributed by atoms with E-state index in [1.165, 1.54) is 193 Å². The summed E-state index contributed by atoms with van der Waals surface area (Å²) in [5.41, 5.74) is 34.5. The van der Waals surface area contributed by atoms with Crippen molar-refractivity contribution >= 4 is 92.3 Å². The largest absolute Gasteiger partial charge is 0.349 e. The summed E-state index contributed by atoms with van der Waals surface area (Å²) in [7, 11) is 8.54. The lowest BCUT2D eigenvalue weighted by molar-refractivity contribution is -0.601. The van der Waals surface area contributed by atoms with Crippen molar-refractivity contribution < 1.29 is 18.3 Å². The molecular formula is C112H105N9+4. The maximum atomic E-state index is 7.71. The van der Waals surface area contributed by atoms with Crippen LogP contribution in [-0.2, 0) is 33.6 Å². The zero-order chi connectivity index (χ0) is 84.6. The van der Waals surface area contributed by atoms with Crippen LogP contribution in [-0.4, -0.2) is 18.3 Å². The van der Waals surface area contributed by atoms with Crippen LogP contribution in [0, 0.1) is 82.7 Å². The summed E-state index contributed by atoms with van der Waals surface area (Å²) in [6.45, 7) is 38.9. The first-order valence-corrected chi connectivity index (χ1v) is 42.0. The minimum Gasteiger partial charge on any atom is -0.349 e. The Balaban J connectivity index is 0.000000115. The molecule has 0 saturated heterocycles. The first-order valence-electron chi connectivity index (χ1n) is 42.0. The van der Waals surface area contributed by atoms with Gasteiger partial charge in [-0.2, -0.15) is 18.3 Å². The zero-order valence-electron chi connectivity index (χ0n) is 73.0. The smallest absolute Gasteiger partial charge is 0.218 e. The van der Waals surface area contributed by atoms with Crippen molar-refractivity contribution in [2.45, 2.75) is 102 Å². The molecule has 9 nitrogen and oxygen atoms in total. The molecule has 0 saturated carbocycles. The Morgan fingerprint density at radius 1 is 0.298 bits per heavy atom. The van der Waals surface area contributed by atoms with Gasteiger partial charge in [0, 0.05) is 229 Å². The molecule has 0 radical (unpaired) electrons. The third kappa shape index (κ3) is 14.5. The van der Waals surface area contributed by atoms with Crippen LogP contribution in [0.3, 0.4) is 0 Å². The zero-order valence-corrected chi connectivity index (χ0v) is 73.0. The first kappa shape index (κ1) is 79.4. The molecule has 20 rings (SSSR count). The van der Waals surface area contributed by atoms with E-state index in [0.717, 1.165) is 28.2 Å². The number of fused-ring (bicyclic) bond motifs is 8. The average Bonchev–Trinajstić information content (AvgIpc) is 1.73. The number of rotatable bonds is 8. The monoisotopic (exact) mass is 1580 g/mol. The van der Waals surface area contributed by atoms with Crippen molar-refractivity contribution in [2.24, 2.45) is 28.2 Å². The minimum absolute atomic E-state index is 0.0389. The van der Waals surface area contributed by atoms with Crippen molar-refractivity contribution in [3.05, 3.63) is 389 Å². The van der Waals surface area contributed by atoms with E-state index in [-0.39, 0.29) is 5.41 Å². The van der Waals surface area contributed by atoms with Crippen LogP contribution in [0.5, 0.6) is 0 Å². The molecule has 20 aromatic rings. The molecular weight excluding hydrogens is 1470 g/mol. The normalized spacial score (nSPS) is 11.5. The van der Waals surface area contributed by atoms with Crippen LogP contribution in [0.2, 0.25) is 0 Å². The van der Waals surface area contributed by atoms with Gasteiger partial charge in [-0.15, -0.1) is 0 Å². The summed E-state index contributed by atoms with van der Waals surface area (Å²) in [5, 5.41) is 16.3. The molecule has 0 aliphatic heterocycles. The summed E-state index contributed by atoms with van der Waals surface area (Å²) in [5.74, 6) is 0. The van der Waals surface area contributed by atoms with Gasteiger partial charge in [-0.1, -0.05) is 172 Å². The lowest BCUT2D eigenvalue weighted by atomic mass is 9.83. The van der Waals surface area contributed by atoms with Crippen molar-refractivity contribution in [3.63, 3.8) is 0 Å². The molecule has 121 heavy (non-hydrogen) atoms. The Morgan fingerprint density at radius 2 is 0.661 bits per heavy atom. The topological polar surface area (TPSA) is 39.6 Å². The maximum absolute atomic E-state index is 7.71. The fraction of sp³-hybridized carbons (Fsp3) is 0.170. The van der Waals surface area contributed by atoms with Gasteiger partial charge in [0.25, 0.3) is 0 Å². The van der Waals surface area contributed by atoms with E-state index in [1.807, 2.05) is 12.1 Å². The van der Waals surface area contributed by atoms with Crippen LogP contribution < -0.4 is 18.3 Å². The molecule has 0 spiro atoms. The van der Waals surface area contributed by atoms with E-state index in [1.54, 1.807) is 0 Å². The van der Waals surface area contributed by atoms with Gasteiger partial charge >= 0.3 is 0 Å². The van der Waals surface area contributed by atoms with Gasteiger partial charge in [0.05, 0.1) is 29.3 Å². The molecule has 594 valence electrons. The number of aromatic nitrogens is 8. The Bertz CT molecular complexity index is 7580. The van der Waals surface area contributed by atoms with Crippen LogP contribution >= 0.6 is 0 Å². The molecule has 0 aliphatic rings. The summed E-state index contributed by atoms with van der Waals surface area (Å²) in [6.07, 6.45) is 11.0. The Morgan fingerprint density at radius 3 is 1.12 bits per heavy atom.